The maximum Gasteiger partial charge on any atom is 0.418 e. The molecule has 3 aliphatic rings. The molecule has 4 aromatic rings. The molecule has 1 saturated carbocycles. The number of para-hydroxylation sites is 1. The number of pyridine rings is 2. The van der Waals surface area contributed by atoms with Gasteiger partial charge in [-0.2, -0.15) is 13.2 Å². The van der Waals surface area contributed by atoms with Crippen molar-refractivity contribution in [2.45, 2.75) is 56.1 Å². The van der Waals surface area contributed by atoms with Crippen LogP contribution in [-0.4, -0.2) is 74.5 Å². The smallest absolute Gasteiger partial charge is 0.418 e. The summed E-state index contributed by atoms with van der Waals surface area (Å²) < 4.78 is 78.8. The van der Waals surface area contributed by atoms with E-state index in [0.29, 0.717) is 43.4 Å². The number of halogens is 3. The number of methoxy groups -OCH3 is 1. The molecule has 45 heavy (non-hydrogen) atoms. The summed E-state index contributed by atoms with van der Waals surface area (Å²) in [6.45, 7) is -2.18. The molecule has 2 saturated heterocycles. The second-order valence-corrected chi connectivity index (χ2v) is 11.5. The Balaban J connectivity index is 1.31. The maximum atomic E-state index is 14.2. The van der Waals surface area contributed by atoms with Crippen LogP contribution in [0.25, 0.3) is 21.9 Å². The van der Waals surface area contributed by atoms with Crippen LogP contribution in [0.1, 0.15) is 51.8 Å². The van der Waals surface area contributed by atoms with Crippen molar-refractivity contribution in [1.29, 1.82) is 0 Å². The topological polar surface area (TPSA) is 133 Å². The van der Waals surface area contributed by atoms with Gasteiger partial charge in [0.2, 0.25) is 0 Å². The van der Waals surface area contributed by atoms with Crippen molar-refractivity contribution in [1.82, 2.24) is 29.3 Å². The Hall–Kier alpha value is -4.66. The Morgan fingerprint density at radius 2 is 1.98 bits per heavy atom. The highest BCUT2D eigenvalue weighted by atomic mass is 19.4. The van der Waals surface area contributed by atoms with Crippen molar-refractivity contribution in [3.05, 3.63) is 58.1 Å². The number of nitrogens with zero attached hydrogens (tertiary/aromatic N) is 5. The zero-order chi connectivity index (χ0) is 34.1. The summed E-state index contributed by atoms with van der Waals surface area (Å²) in [6, 6.07) is 5.33. The number of aromatic nitrogens is 4. The van der Waals surface area contributed by atoms with Gasteiger partial charge in [-0.1, -0.05) is 12.1 Å². The van der Waals surface area contributed by atoms with E-state index in [-0.39, 0.29) is 51.8 Å². The minimum absolute atomic E-state index is 0.0165. The number of amides is 2. The molecule has 2 bridgehead atoms. The van der Waals surface area contributed by atoms with Gasteiger partial charge >= 0.3 is 18.0 Å². The third-order valence-corrected chi connectivity index (χ3v) is 8.83. The Labute approximate surface area is 258 Å². The highest BCUT2D eigenvalue weighted by Gasteiger charge is 2.42. The second kappa shape index (κ2) is 10.8. The number of carbonyl (C=O) groups is 2. The molecule has 4 atom stereocenters. The number of nitrogens with one attached hydrogen (secondary N) is 2. The monoisotopic (exact) mass is 628 g/mol. The van der Waals surface area contributed by atoms with Gasteiger partial charge in [0, 0.05) is 41.2 Å². The molecule has 0 radical (unpaired) electrons. The number of hydrogen-bond acceptors (Lipinski definition) is 8. The molecule has 7 rings (SSSR count). The molecule has 15 heteroatoms. The van der Waals surface area contributed by atoms with Crippen molar-refractivity contribution in [2.24, 2.45) is 6.98 Å². The van der Waals surface area contributed by atoms with Gasteiger partial charge in [-0.15, -0.1) is 0 Å². The van der Waals surface area contributed by atoms with E-state index < -0.39 is 48.0 Å². The Morgan fingerprint density at radius 3 is 2.69 bits per heavy atom. The number of morpholine rings is 1. The van der Waals surface area contributed by atoms with E-state index in [0.717, 1.165) is 6.07 Å². The summed E-state index contributed by atoms with van der Waals surface area (Å²) in [5.74, 6) is -0.518. The van der Waals surface area contributed by atoms with E-state index in [4.69, 9.17) is 8.85 Å². The molecule has 3 fully saturated rings. The number of rotatable bonds is 5. The number of hydrogen-bond donors (Lipinski definition) is 2. The third-order valence-electron chi connectivity index (χ3n) is 8.83. The molecule has 2 N–H and O–H groups in total. The molecule has 2 unspecified atom stereocenters. The summed E-state index contributed by atoms with van der Waals surface area (Å²) >= 11 is 0. The summed E-state index contributed by atoms with van der Waals surface area (Å²) in [4.78, 5) is 49.3. The fourth-order valence-electron chi connectivity index (χ4n) is 6.74. The summed E-state index contributed by atoms with van der Waals surface area (Å²) in [7, 11) is 1.23. The molecule has 2 amide bonds. The molecule has 236 valence electrons. The van der Waals surface area contributed by atoms with Crippen LogP contribution >= 0.6 is 0 Å². The van der Waals surface area contributed by atoms with Crippen molar-refractivity contribution in [2.75, 3.05) is 25.6 Å². The number of benzene rings is 1. The van der Waals surface area contributed by atoms with Crippen LogP contribution in [-0.2, 0) is 22.6 Å². The first-order chi connectivity index (χ1) is 22.7. The van der Waals surface area contributed by atoms with Gasteiger partial charge in [-0.05, 0) is 37.8 Å². The van der Waals surface area contributed by atoms with Gasteiger partial charge in [-0.25, -0.2) is 19.6 Å². The molecular formula is C30H30F3N7O5. The van der Waals surface area contributed by atoms with Crippen LogP contribution < -0.4 is 16.3 Å². The normalized spacial score (nSPS) is 24.1. The lowest BCUT2D eigenvalue weighted by molar-refractivity contribution is -0.136. The van der Waals surface area contributed by atoms with Gasteiger partial charge in [0.05, 0.1) is 59.7 Å². The molecule has 1 aromatic carbocycles. The van der Waals surface area contributed by atoms with Crippen molar-refractivity contribution in [3.63, 3.8) is 0 Å². The Bertz CT molecular complexity index is 2010. The number of anilines is 2. The molecule has 1 aliphatic carbocycles. The highest BCUT2D eigenvalue weighted by Crippen LogP contribution is 2.38. The van der Waals surface area contributed by atoms with Crippen LogP contribution in [0.2, 0.25) is 0 Å². The van der Waals surface area contributed by atoms with E-state index in [1.807, 2.05) is 0 Å². The number of alkyl carbamates (subject to hydrolysis) is 1. The number of carbonyl (C=O) groups excluding carboxylic acids is 2. The maximum absolute atomic E-state index is 14.2. The first-order valence-electron chi connectivity index (χ1n) is 15.9. The lowest BCUT2D eigenvalue weighted by Gasteiger charge is -2.27. The Morgan fingerprint density at radius 1 is 1.13 bits per heavy atom. The van der Waals surface area contributed by atoms with E-state index in [1.54, 1.807) is 4.90 Å². The summed E-state index contributed by atoms with van der Waals surface area (Å²) in [5.41, 5.74) is -2.01. The number of fused-ring (bicyclic) bond motifs is 4. The van der Waals surface area contributed by atoms with Gasteiger partial charge in [0.25, 0.3) is 5.91 Å². The molecule has 12 nitrogen and oxygen atoms in total. The van der Waals surface area contributed by atoms with Gasteiger partial charge in [0.1, 0.15) is 11.6 Å². The van der Waals surface area contributed by atoms with E-state index in [1.165, 1.54) is 42.1 Å². The fraction of sp³-hybridized carbons (Fsp3) is 0.433. The minimum atomic E-state index is -4.76. The largest absolute Gasteiger partial charge is 0.453 e. The number of ether oxygens (including phenoxy) is 2. The molecular weight excluding hydrogens is 595 g/mol. The highest BCUT2D eigenvalue weighted by molar-refractivity contribution is 6.08. The molecule has 5 heterocycles. The zero-order valence-electron chi connectivity index (χ0n) is 26.9. The quantitative estimate of drug-likeness (QED) is 0.338. The van der Waals surface area contributed by atoms with Crippen LogP contribution in [0, 0.1) is 0 Å². The average Bonchev–Trinajstić information content (AvgIpc) is 3.82. The lowest BCUT2D eigenvalue weighted by Crippen LogP contribution is -2.41. The first kappa shape index (κ1) is 25.6. The summed E-state index contributed by atoms with van der Waals surface area (Å²) in [6.07, 6.45) is -2.41. The number of aryl methyl sites for hydroxylation is 1. The van der Waals surface area contributed by atoms with Crippen LogP contribution in [0.4, 0.5) is 29.6 Å². The van der Waals surface area contributed by atoms with Crippen LogP contribution in [0.3, 0.4) is 0 Å². The van der Waals surface area contributed by atoms with Gasteiger partial charge < -0.3 is 25.0 Å². The van der Waals surface area contributed by atoms with Crippen LogP contribution in [0.15, 0.2) is 41.3 Å². The van der Waals surface area contributed by atoms with E-state index in [9.17, 15) is 27.6 Å². The fourth-order valence-corrected chi connectivity index (χ4v) is 6.74. The van der Waals surface area contributed by atoms with Crippen molar-refractivity contribution < 1.29 is 36.3 Å². The number of alkyl halides is 3. The SMILES string of the molecule is [2H]C([2H])([2H])n1c(=O)n([C@@H]2CC[C@@H](NC(=O)OC)C2)c2cc(Nc3cc(C(=O)N4CC5CC4CO5)c4cccc(C(F)(F)F)c4n3)ncc21. The number of imidazole rings is 1. The predicted octanol–water partition coefficient (Wildman–Crippen LogP) is 4.11. The minimum Gasteiger partial charge on any atom is -0.453 e. The number of likely N-dealkylation sites (tertiary alicyclic amines) is 1. The summed E-state index contributed by atoms with van der Waals surface area (Å²) in [5, 5.41) is 5.63. The van der Waals surface area contributed by atoms with Gasteiger partial charge in [-0.3, -0.25) is 13.9 Å². The van der Waals surface area contributed by atoms with Crippen molar-refractivity contribution >= 4 is 45.6 Å². The zero-order valence-corrected chi connectivity index (χ0v) is 23.9. The standard InChI is InChI=1S/C30H30F3N7O5/c1-38-23-12-34-24(11-22(23)40(29(38)43)16-7-6-15(8-16)35-28(42)44-2)36-25-10-20(27(41)39-13-18-9-17(39)14-45-18)19-4-3-5-21(26(19)37-25)30(31,32)33/h3-5,10-12,15-18H,6-9,13-14H2,1-2H3,(H,35,42)(H,34,36,37)/t15-,16-,17?,18?/m1/s1/i1D3. The van der Waals surface area contributed by atoms with E-state index in [2.05, 4.69) is 25.3 Å². The third kappa shape index (κ3) is 5.04. The average molecular weight is 629 g/mol. The van der Waals surface area contributed by atoms with Crippen molar-refractivity contribution in [3.8, 4) is 0 Å². The second-order valence-electron chi connectivity index (χ2n) is 11.5. The lowest BCUT2D eigenvalue weighted by atomic mass is 10.0. The first-order valence-corrected chi connectivity index (χ1v) is 14.4. The molecule has 2 aliphatic heterocycles. The predicted molar refractivity (Wildman–Crippen MR) is 156 cm³/mol. The van der Waals surface area contributed by atoms with Gasteiger partial charge in [0.15, 0.2) is 0 Å². The Kier molecular flexibility index (Phi) is 6.13. The van der Waals surface area contributed by atoms with Crippen LogP contribution in [0.5, 0.6) is 0 Å². The molecule has 0 spiro atoms. The molecule has 3 aromatic heterocycles. The van der Waals surface area contributed by atoms with E-state index >= 15 is 0 Å².